The maximum Gasteiger partial charge on any atom is 0.410 e. The lowest BCUT2D eigenvalue weighted by atomic mass is 9.96. The van der Waals surface area contributed by atoms with Crippen LogP contribution in [0.3, 0.4) is 0 Å². The maximum atomic E-state index is 12.4. The van der Waals surface area contributed by atoms with Crippen molar-refractivity contribution >= 4 is 106 Å². The van der Waals surface area contributed by atoms with Gasteiger partial charge in [-0.3, -0.25) is 9.36 Å². The molecule has 0 atom stereocenters. The number of likely N-dealkylation sites (tertiary alicyclic amines) is 1. The summed E-state index contributed by atoms with van der Waals surface area (Å²) in [7, 11) is 5.06. The van der Waals surface area contributed by atoms with Gasteiger partial charge >= 0.3 is 6.09 Å². The second kappa shape index (κ2) is 27.2. The summed E-state index contributed by atoms with van der Waals surface area (Å²) in [6, 6.07) is 24.7. The van der Waals surface area contributed by atoms with Crippen LogP contribution in [0.4, 0.5) is 28.1 Å². The smallest absolute Gasteiger partial charge is 0.410 e. The summed E-state index contributed by atoms with van der Waals surface area (Å²) < 4.78 is 29.3. The fourth-order valence-corrected chi connectivity index (χ4v) is 14.2. The first-order chi connectivity index (χ1) is 41.6. The quantitative estimate of drug-likeness (QED) is 0.110. The Morgan fingerprint density at radius 3 is 1.36 bits per heavy atom. The number of aromatic nitrogens is 10. The number of carbonyl (C=O) groups is 1. The van der Waals surface area contributed by atoms with E-state index in [1.807, 2.05) is 111 Å². The number of carbonyl (C=O) groups excluding carboxylic acids is 1. The first kappa shape index (κ1) is 61.8. The molecule has 0 spiro atoms. The average Bonchev–Trinajstić information content (AvgIpc) is 4.50. The third kappa shape index (κ3) is 14.0. The number of nitrogens with one attached hydrogen (secondary N) is 2. The van der Waals surface area contributed by atoms with E-state index in [-0.39, 0.29) is 24.8 Å². The summed E-state index contributed by atoms with van der Waals surface area (Å²) in [4.78, 5) is 44.9. The number of rotatable bonds is 12. The molecule has 2 aliphatic rings. The van der Waals surface area contributed by atoms with E-state index < -0.39 is 5.60 Å². The van der Waals surface area contributed by atoms with Crippen LogP contribution >= 0.6 is 45.6 Å². The number of methoxy groups -OCH3 is 3. The molecule has 1 aliphatic carbocycles. The number of anilines is 4. The van der Waals surface area contributed by atoms with Crippen molar-refractivity contribution in [2.45, 2.75) is 112 Å². The van der Waals surface area contributed by atoms with Crippen molar-refractivity contribution < 1.29 is 23.7 Å². The van der Waals surface area contributed by atoms with Crippen LogP contribution in [0.5, 0.6) is 17.2 Å². The topological polar surface area (TPSA) is 194 Å². The third-order valence-electron chi connectivity index (χ3n) is 15.1. The molecule has 1 amide bonds. The lowest BCUT2D eigenvalue weighted by molar-refractivity contribution is 0.0184. The second-order valence-electron chi connectivity index (χ2n) is 22.0. The normalized spacial score (nSPS) is 13.7. The van der Waals surface area contributed by atoms with Gasteiger partial charge in [0.2, 0.25) is 17.2 Å². The SMILES string of the molecule is C.COc1ccccc1-c1c(C)sc2cnc(Cl)nc12.COc1ccccc1-c1c(C)sc2cnc(Nc3cnn(C4CCCCC4)c3)nc12.COc1ccccc1-c1c(C)sc2cnc(Nc3cnn(C4CCN(C(=O)OC(C)(C)C)CC4)c3)nc12. The van der Waals surface area contributed by atoms with E-state index in [0.29, 0.717) is 31.0 Å². The summed E-state index contributed by atoms with van der Waals surface area (Å²) in [5.74, 6) is 3.60. The monoisotopic (exact) mass is 1250 g/mol. The molecule has 11 aromatic rings. The Morgan fingerprint density at radius 2 is 0.943 bits per heavy atom. The van der Waals surface area contributed by atoms with E-state index in [1.165, 1.54) is 41.9 Å². The molecular formula is C65H72ClN13O5S3. The molecule has 452 valence electrons. The number of hydrogen-bond donors (Lipinski definition) is 2. The minimum absolute atomic E-state index is 0. The van der Waals surface area contributed by atoms with Gasteiger partial charge in [0.1, 0.15) is 22.8 Å². The highest BCUT2D eigenvalue weighted by Gasteiger charge is 2.29. The summed E-state index contributed by atoms with van der Waals surface area (Å²) in [6.07, 6.45) is 20.9. The van der Waals surface area contributed by atoms with Gasteiger partial charge in [-0.1, -0.05) is 81.3 Å². The molecule has 1 aliphatic heterocycles. The Hall–Kier alpha value is -8.24. The number of halogens is 1. The van der Waals surface area contributed by atoms with Crippen LogP contribution in [0.1, 0.15) is 99.9 Å². The molecule has 22 heteroatoms. The van der Waals surface area contributed by atoms with Crippen molar-refractivity contribution in [3.8, 4) is 50.6 Å². The van der Waals surface area contributed by atoms with Gasteiger partial charge in [0, 0.05) is 79.7 Å². The Kier molecular flexibility index (Phi) is 19.3. The number of piperidine rings is 1. The average molecular weight is 1250 g/mol. The van der Waals surface area contributed by atoms with Crippen LogP contribution in [0.15, 0.2) is 116 Å². The number of benzene rings is 3. The first-order valence-electron chi connectivity index (χ1n) is 28.6. The largest absolute Gasteiger partial charge is 0.496 e. The molecule has 2 fully saturated rings. The van der Waals surface area contributed by atoms with E-state index in [2.05, 4.69) is 84.5 Å². The standard InChI is InChI=1S/C27H32N6O3S.C23H25N5OS.C14H11ClN2OS.CH4/c1-17-23(20-8-6-7-9-21(20)35-5)24-22(37-17)15-28-25(31-24)30-18-14-29-33(16-18)19-10-12-32(13-11-19)26(34)36-27(2,3)4;1-15-21(18-10-6-7-11-19(18)29-2)22-20(30-15)13-24-23(27-22)26-16-12-25-28(14-16)17-8-4-3-5-9-17;1-8-12(9-5-3-4-6-10(9)18-2)13-11(19-8)7-16-14(15)17-13;/h6-9,14-16,19H,10-13H2,1-5H3,(H,28,30,31);6-7,10-14,17H,3-5,8-9H2,1-2H3,(H,24,26,27);3-7H,1-2H3;1H4. The Labute approximate surface area is 524 Å². The van der Waals surface area contributed by atoms with Gasteiger partial charge in [0.15, 0.2) is 0 Å². The van der Waals surface area contributed by atoms with Gasteiger partial charge in [-0.05, 0) is 97.0 Å². The predicted molar refractivity (Wildman–Crippen MR) is 353 cm³/mol. The zero-order chi connectivity index (χ0) is 60.1. The first-order valence-corrected chi connectivity index (χ1v) is 31.4. The molecule has 3 aromatic carbocycles. The molecule has 18 nitrogen and oxygen atoms in total. The molecule has 9 heterocycles. The van der Waals surface area contributed by atoms with Crippen LogP contribution in [-0.4, -0.2) is 100 Å². The molecule has 1 saturated carbocycles. The Balaban J connectivity index is 0.000000151. The molecule has 1 saturated heterocycles. The third-order valence-corrected chi connectivity index (χ3v) is 18.3. The fourth-order valence-electron chi connectivity index (χ4n) is 11.1. The zero-order valence-electron chi connectivity index (χ0n) is 49.6. The molecule has 87 heavy (non-hydrogen) atoms. The molecule has 13 rings (SSSR count). The number of hydrogen-bond acceptors (Lipinski definition) is 18. The lowest BCUT2D eigenvalue weighted by Gasteiger charge is -2.33. The van der Waals surface area contributed by atoms with Crippen molar-refractivity contribution in [2.24, 2.45) is 0 Å². The second-order valence-corrected chi connectivity index (χ2v) is 26.1. The number of thiophene rings is 3. The number of aryl methyl sites for hydroxylation is 3. The molecule has 0 bridgehead atoms. The highest BCUT2D eigenvalue weighted by atomic mass is 35.5. The van der Waals surface area contributed by atoms with Gasteiger partial charge < -0.3 is 34.5 Å². The van der Waals surface area contributed by atoms with Crippen molar-refractivity contribution in [1.29, 1.82) is 0 Å². The van der Waals surface area contributed by atoms with E-state index in [1.54, 1.807) is 72.6 Å². The van der Waals surface area contributed by atoms with Crippen LogP contribution in [0.2, 0.25) is 5.28 Å². The number of nitrogens with zero attached hydrogens (tertiary/aromatic N) is 11. The van der Waals surface area contributed by atoms with E-state index in [9.17, 15) is 4.79 Å². The molecule has 8 aromatic heterocycles. The van der Waals surface area contributed by atoms with Crippen molar-refractivity contribution in [3.63, 3.8) is 0 Å². The molecule has 0 radical (unpaired) electrons. The summed E-state index contributed by atoms with van der Waals surface area (Å²) >= 11 is 11.0. The Bertz CT molecular complexity index is 4170. The summed E-state index contributed by atoms with van der Waals surface area (Å²) in [5, 5.41) is 16.1. The fraction of sp³-hybridized carbons (Fsp3) is 0.338. The van der Waals surface area contributed by atoms with Crippen molar-refractivity contribution in [2.75, 3.05) is 45.1 Å². The van der Waals surface area contributed by atoms with Gasteiger partial charge in [-0.15, -0.1) is 34.0 Å². The van der Waals surface area contributed by atoms with Crippen molar-refractivity contribution in [1.82, 2.24) is 54.4 Å². The molecule has 2 N–H and O–H groups in total. The van der Waals surface area contributed by atoms with Crippen LogP contribution in [0.25, 0.3) is 64.0 Å². The Morgan fingerprint density at radius 1 is 0.552 bits per heavy atom. The van der Waals surface area contributed by atoms with Crippen LogP contribution in [0, 0.1) is 20.8 Å². The van der Waals surface area contributed by atoms with Gasteiger partial charge in [0.05, 0.1) is 100 Å². The zero-order valence-corrected chi connectivity index (χ0v) is 52.8. The minimum atomic E-state index is -0.489. The van der Waals surface area contributed by atoms with Gasteiger partial charge in [-0.2, -0.15) is 10.2 Å². The van der Waals surface area contributed by atoms with Gasteiger partial charge in [0.25, 0.3) is 0 Å². The van der Waals surface area contributed by atoms with E-state index in [0.717, 1.165) is 110 Å². The van der Waals surface area contributed by atoms with Crippen molar-refractivity contribution in [3.05, 3.63) is 136 Å². The number of ether oxygens (including phenoxy) is 4. The highest BCUT2D eigenvalue weighted by Crippen LogP contribution is 2.44. The molecule has 0 unspecified atom stereocenters. The predicted octanol–water partition coefficient (Wildman–Crippen LogP) is 17.3. The van der Waals surface area contributed by atoms with Crippen LogP contribution in [-0.2, 0) is 4.74 Å². The highest BCUT2D eigenvalue weighted by molar-refractivity contribution is 7.20. The van der Waals surface area contributed by atoms with Gasteiger partial charge in [-0.25, -0.2) is 34.7 Å². The van der Waals surface area contributed by atoms with E-state index in [4.69, 9.17) is 40.5 Å². The molecular weight excluding hydrogens is 1170 g/mol. The summed E-state index contributed by atoms with van der Waals surface area (Å²) in [6.45, 7) is 13.2. The number of amides is 1. The maximum absolute atomic E-state index is 12.4. The summed E-state index contributed by atoms with van der Waals surface area (Å²) in [5.41, 5.74) is 10.3. The van der Waals surface area contributed by atoms with E-state index >= 15 is 0 Å². The minimum Gasteiger partial charge on any atom is -0.496 e. The van der Waals surface area contributed by atoms with Crippen LogP contribution < -0.4 is 24.8 Å². The number of fused-ring (bicyclic) bond motifs is 3. The lowest BCUT2D eigenvalue weighted by Crippen LogP contribution is -2.42. The number of para-hydroxylation sites is 3.